The predicted octanol–water partition coefficient (Wildman–Crippen LogP) is 5.53. The van der Waals surface area contributed by atoms with Crippen molar-refractivity contribution < 1.29 is 19.1 Å². The molecule has 0 radical (unpaired) electrons. The molecule has 4 heteroatoms. The number of benzene rings is 4. The van der Waals surface area contributed by atoms with E-state index in [-0.39, 0.29) is 5.78 Å². The molecule has 4 rings (SSSR count). The highest BCUT2D eigenvalue weighted by Crippen LogP contribution is 2.36. The van der Waals surface area contributed by atoms with Gasteiger partial charge in [-0.3, -0.25) is 4.79 Å². The van der Waals surface area contributed by atoms with E-state index in [4.69, 9.17) is 9.47 Å². The molecule has 0 saturated heterocycles. The molecule has 30 heavy (non-hydrogen) atoms. The van der Waals surface area contributed by atoms with Crippen molar-refractivity contribution in [1.82, 2.24) is 0 Å². The van der Waals surface area contributed by atoms with Crippen LogP contribution in [0.2, 0.25) is 0 Å². The number of ketones is 1. The molecule has 0 N–H and O–H groups in total. The summed E-state index contributed by atoms with van der Waals surface area (Å²) in [4.78, 5) is 26.4. The van der Waals surface area contributed by atoms with Gasteiger partial charge in [0.25, 0.3) is 0 Å². The lowest BCUT2D eigenvalue weighted by atomic mass is 9.86. The fraction of sp³-hybridized carbons (Fsp3) is 0.0769. The molecule has 0 heterocycles. The van der Waals surface area contributed by atoms with Gasteiger partial charge in [0.2, 0.25) is 0 Å². The molecule has 0 bridgehead atoms. The maximum atomic E-state index is 13.7. The topological polar surface area (TPSA) is 52.6 Å². The van der Waals surface area contributed by atoms with E-state index >= 15 is 0 Å². The summed E-state index contributed by atoms with van der Waals surface area (Å²) in [6, 6.07) is 25.7. The van der Waals surface area contributed by atoms with E-state index in [9.17, 15) is 9.59 Å². The molecule has 0 unspecified atom stereocenters. The lowest BCUT2D eigenvalue weighted by Gasteiger charge is -2.17. The Hall–Kier alpha value is -3.92. The van der Waals surface area contributed by atoms with Gasteiger partial charge in [-0.1, -0.05) is 66.7 Å². The summed E-state index contributed by atoms with van der Waals surface area (Å²) >= 11 is 0. The Morgan fingerprint density at radius 3 is 2.10 bits per heavy atom. The van der Waals surface area contributed by atoms with Crippen LogP contribution in [-0.2, 0) is 4.74 Å². The number of methoxy groups -OCH3 is 2. The summed E-state index contributed by atoms with van der Waals surface area (Å²) in [5, 5.41) is 1.58. The monoisotopic (exact) mass is 396 g/mol. The summed E-state index contributed by atoms with van der Waals surface area (Å²) in [7, 11) is 2.93. The average Bonchev–Trinajstić information content (AvgIpc) is 2.82. The number of carbonyl (C=O) groups is 2. The van der Waals surface area contributed by atoms with Crippen LogP contribution in [0.5, 0.6) is 5.75 Å². The van der Waals surface area contributed by atoms with E-state index in [0.29, 0.717) is 28.0 Å². The SMILES string of the molecule is COC(=O)c1cc2ccccc2c(C(=O)c2ccccc2)c1-c1ccc(OC)cc1. The van der Waals surface area contributed by atoms with Gasteiger partial charge in [-0.05, 0) is 34.5 Å². The van der Waals surface area contributed by atoms with Crippen molar-refractivity contribution >= 4 is 22.5 Å². The Morgan fingerprint density at radius 1 is 0.767 bits per heavy atom. The molecule has 0 fully saturated rings. The van der Waals surface area contributed by atoms with Gasteiger partial charge in [0.05, 0.1) is 19.8 Å². The Kier molecular flexibility index (Phi) is 5.31. The van der Waals surface area contributed by atoms with E-state index in [1.807, 2.05) is 66.7 Å². The molecule has 0 saturated carbocycles. The van der Waals surface area contributed by atoms with E-state index < -0.39 is 5.97 Å². The maximum Gasteiger partial charge on any atom is 0.338 e. The normalized spacial score (nSPS) is 10.6. The molecule has 4 aromatic carbocycles. The summed E-state index contributed by atoms with van der Waals surface area (Å²) in [6.45, 7) is 0. The zero-order chi connectivity index (χ0) is 21.1. The minimum atomic E-state index is -0.492. The van der Waals surface area contributed by atoms with Crippen LogP contribution in [0, 0.1) is 0 Å². The van der Waals surface area contributed by atoms with Gasteiger partial charge in [0.1, 0.15) is 5.75 Å². The number of carbonyl (C=O) groups excluding carboxylic acids is 2. The van der Waals surface area contributed by atoms with Crippen molar-refractivity contribution in [3.63, 3.8) is 0 Å². The molecular weight excluding hydrogens is 376 g/mol. The van der Waals surface area contributed by atoms with Crippen molar-refractivity contribution in [3.05, 3.63) is 102 Å². The van der Waals surface area contributed by atoms with Crippen LogP contribution in [-0.4, -0.2) is 26.0 Å². The van der Waals surface area contributed by atoms with Gasteiger partial charge in [-0.2, -0.15) is 0 Å². The second kappa shape index (κ2) is 8.21. The molecule has 0 atom stereocenters. The van der Waals surface area contributed by atoms with Gasteiger partial charge < -0.3 is 9.47 Å². The lowest BCUT2D eigenvalue weighted by Crippen LogP contribution is -2.11. The van der Waals surface area contributed by atoms with Crippen molar-refractivity contribution in [3.8, 4) is 16.9 Å². The Morgan fingerprint density at radius 2 is 1.43 bits per heavy atom. The Balaban J connectivity index is 2.10. The van der Waals surface area contributed by atoms with Gasteiger partial charge in [0.15, 0.2) is 5.78 Å². The summed E-state index contributed by atoms with van der Waals surface area (Å²) in [5.74, 6) is 0.0483. The first kappa shape index (κ1) is 19.4. The third-order valence-corrected chi connectivity index (χ3v) is 5.10. The van der Waals surface area contributed by atoms with Crippen molar-refractivity contribution in [1.29, 1.82) is 0 Å². The summed E-state index contributed by atoms with van der Waals surface area (Å²) in [5.41, 5.74) is 2.67. The van der Waals surface area contributed by atoms with Crippen LogP contribution in [0.25, 0.3) is 21.9 Å². The smallest absolute Gasteiger partial charge is 0.338 e. The van der Waals surface area contributed by atoms with Gasteiger partial charge in [0, 0.05) is 16.7 Å². The van der Waals surface area contributed by atoms with Crippen LogP contribution >= 0.6 is 0 Å². The van der Waals surface area contributed by atoms with E-state index in [2.05, 4.69) is 0 Å². The molecule has 4 nitrogen and oxygen atoms in total. The van der Waals surface area contributed by atoms with Crippen LogP contribution in [0.1, 0.15) is 26.3 Å². The van der Waals surface area contributed by atoms with E-state index in [1.54, 1.807) is 25.3 Å². The number of fused-ring (bicyclic) bond motifs is 1. The fourth-order valence-electron chi connectivity index (χ4n) is 3.65. The van der Waals surface area contributed by atoms with Gasteiger partial charge in [-0.15, -0.1) is 0 Å². The Bertz CT molecular complexity index is 1230. The van der Waals surface area contributed by atoms with Crippen molar-refractivity contribution in [2.45, 2.75) is 0 Å². The minimum Gasteiger partial charge on any atom is -0.497 e. The number of ether oxygens (including phenoxy) is 2. The first-order valence-corrected chi connectivity index (χ1v) is 9.52. The summed E-state index contributed by atoms with van der Waals surface area (Å²) < 4.78 is 10.3. The molecule has 0 aliphatic carbocycles. The standard InChI is InChI=1S/C26H20O4/c1-29-20-14-12-17(13-15-20)23-22(26(28)30-2)16-19-10-6-7-11-21(19)24(23)25(27)18-8-4-3-5-9-18/h3-16H,1-2H3. The zero-order valence-electron chi connectivity index (χ0n) is 16.7. The number of hydrogen-bond donors (Lipinski definition) is 0. The van der Waals surface area contributed by atoms with Crippen LogP contribution in [0.3, 0.4) is 0 Å². The third kappa shape index (κ3) is 3.44. The van der Waals surface area contributed by atoms with Crippen LogP contribution in [0.15, 0.2) is 84.9 Å². The quantitative estimate of drug-likeness (QED) is 0.329. The third-order valence-electron chi connectivity index (χ3n) is 5.10. The highest BCUT2D eigenvalue weighted by Gasteiger charge is 2.25. The fourth-order valence-corrected chi connectivity index (χ4v) is 3.65. The largest absolute Gasteiger partial charge is 0.497 e. The second-order valence-corrected chi connectivity index (χ2v) is 6.81. The molecule has 4 aromatic rings. The zero-order valence-corrected chi connectivity index (χ0v) is 16.7. The average molecular weight is 396 g/mol. The number of esters is 1. The molecule has 0 aliphatic heterocycles. The summed E-state index contributed by atoms with van der Waals surface area (Å²) in [6.07, 6.45) is 0. The number of hydrogen-bond acceptors (Lipinski definition) is 4. The van der Waals surface area contributed by atoms with E-state index in [1.165, 1.54) is 7.11 Å². The van der Waals surface area contributed by atoms with Crippen molar-refractivity contribution in [2.75, 3.05) is 14.2 Å². The minimum absolute atomic E-state index is 0.150. The highest BCUT2D eigenvalue weighted by molar-refractivity contribution is 6.23. The first-order chi connectivity index (χ1) is 14.6. The first-order valence-electron chi connectivity index (χ1n) is 9.52. The van der Waals surface area contributed by atoms with Gasteiger partial charge >= 0.3 is 5.97 Å². The maximum absolute atomic E-state index is 13.7. The molecular formula is C26H20O4. The molecule has 0 spiro atoms. The van der Waals surface area contributed by atoms with Crippen molar-refractivity contribution in [2.24, 2.45) is 0 Å². The lowest BCUT2D eigenvalue weighted by molar-refractivity contribution is 0.0602. The highest BCUT2D eigenvalue weighted by atomic mass is 16.5. The van der Waals surface area contributed by atoms with E-state index in [0.717, 1.165) is 16.3 Å². The van der Waals surface area contributed by atoms with Crippen LogP contribution in [0.4, 0.5) is 0 Å². The molecule has 148 valence electrons. The van der Waals surface area contributed by atoms with Crippen LogP contribution < -0.4 is 4.74 Å². The molecule has 0 aromatic heterocycles. The Labute approximate surface area is 174 Å². The predicted molar refractivity (Wildman–Crippen MR) is 117 cm³/mol. The molecule has 0 amide bonds. The second-order valence-electron chi connectivity index (χ2n) is 6.81. The number of rotatable bonds is 5. The van der Waals surface area contributed by atoms with Gasteiger partial charge in [-0.25, -0.2) is 4.79 Å². The molecule has 0 aliphatic rings.